The van der Waals surface area contributed by atoms with Gasteiger partial charge in [-0.2, -0.15) is 5.26 Å². The van der Waals surface area contributed by atoms with E-state index in [4.69, 9.17) is 5.26 Å². The number of likely N-dealkylation sites (tertiary alicyclic amines) is 1. The molecule has 0 aliphatic carbocycles. The molecule has 0 saturated carbocycles. The first kappa shape index (κ1) is 14.4. The molecule has 0 bridgehead atoms. The van der Waals surface area contributed by atoms with Gasteiger partial charge in [-0.05, 0) is 37.6 Å². The quantitative estimate of drug-likeness (QED) is 0.743. The molecule has 0 spiro atoms. The van der Waals surface area contributed by atoms with Crippen LogP contribution in [0.3, 0.4) is 0 Å². The molecule has 1 unspecified atom stereocenters. The van der Waals surface area contributed by atoms with Crippen molar-refractivity contribution in [3.05, 3.63) is 52.1 Å². The Labute approximate surface area is 138 Å². The molecule has 0 amide bonds. The van der Waals surface area contributed by atoms with Crippen molar-refractivity contribution in [3.8, 4) is 6.07 Å². The van der Waals surface area contributed by atoms with Gasteiger partial charge in [0, 0.05) is 35.5 Å². The summed E-state index contributed by atoms with van der Waals surface area (Å²) in [4.78, 5) is 3.72. The van der Waals surface area contributed by atoms with Gasteiger partial charge < -0.3 is 0 Å². The van der Waals surface area contributed by atoms with Crippen LogP contribution in [0.15, 0.2) is 35.8 Å². The number of piperidine rings is 1. The second kappa shape index (κ2) is 6.11. The van der Waals surface area contributed by atoms with E-state index in [0.29, 0.717) is 5.92 Å². The molecule has 1 aliphatic rings. The summed E-state index contributed by atoms with van der Waals surface area (Å²) >= 11 is 1.67. The van der Waals surface area contributed by atoms with E-state index in [1.165, 1.54) is 11.3 Å². The lowest BCUT2D eigenvalue weighted by Crippen LogP contribution is -2.34. The van der Waals surface area contributed by atoms with Crippen LogP contribution in [0.5, 0.6) is 0 Å². The van der Waals surface area contributed by atoms with E-state index in [1.807, 2.05) is 35.8 Å². The van der Waals surface area contributed by atoms with Gasteiger partial charge in [0.15, 0.2) is 5.65 Å². The molecule has 1 fully saturated rings. The number of thiophene rings is 1. The van der Waals surface area contributed by atoms with Crippen molar-refractivity contribution in [3.63, 3.8) is 0 Å². The van der Waals surface area contributed by atoms with Gasteiger partial charge in [0.2, 0.25) is 0 Å². The second-order valence-electron chi connectivity index (χ2n) is 5.97. The van der Waals surface area contributed by atoms with Crippen molar-refractivity contribution in [2.45, 2.75) is 25.3 Å². The number of aromatic nitrogens is 3. The molecular formula is C17H17N5S. The predicted molar refractivity (Wildman–Crippen MR) is 89.3 cm³/mol. The average molecular weight is 323 g/mol. The minimum absolute atomic E-state index is 0.413. The van der Waals surface area contributed by atoms with Crippen LogP contribution >= 0.6 is 11.3 Å². The van der Waals surface area contributed by atoms with Crippen molar-refractivity contribution in [2.24, 2.45) is 0 Å². The summed E-state index contributed by atoms with van der Waals surface area (Å²) in [7, 11) is 0. The number of hydrogen-bond donors (Lipinski definition) is 0. The highest BCUT2D eigenvalue weighted by Gasteiger charge is 2.25. The number of pyridine rings is 1. The molecule has 23 heavy (non-hydrogen) atoms. The molecule has 0 radical (unpaired) electrons. The minimum Gasteiger partial charge on any atom is -0.298 e. The zero-order chi connectivity index (χ0) is 15.6. The summed E-state index contributed by atoms with van der Waals surface area (Å²) in [5, 5.41) is 19.6. The number of fused-ring (bicyclic) bond motifs is 1. The lowest BCUT2D eigenvalue weighted by molar-refractivity contribution is 0.197. The Kier molecular flexibility index (Phi) is 3.82. The molecule has 6 heteroatoms. The molecule has 3 aromatic rings. The molecule has 1 aliphatic heterocycles. The van der Waals surface area contributed by atoms with Crippen LogP contribution in [0, 0.1) is 11.3 Å². The number of nitriles is 1. The van der Waals surface area contributed by atoms with Gasteiger partial charge in [-0.1, -0.05) is 6.07 Å². The fourth-order valence-corrected chi connectivity index (χ4v) is 4.14. The first-order valence-corrected chi connectivity index (χ1v) is 8.71. The maximum atomic E-state index is 8.95. The Morgan fingerprint density at radius 3 is 3.17 bits per heavy atom. The van der Waals surface area contributed by atoms with Gasteiger partial charge in [0.1, 0.15) is 11.9 Å². The molecule has 1 saturated heterocycles. The first-order chi connectivity index (χ1) is 11.3. The molecular weight excluding hydrogens is 306 g/mol. The van der Waals surface area contributed by atoms with E-state index < -0.39 is 0 Å². The third-order valence-corrected chi connectivity index (χ3v) is 5.29. The van der Waals surface area contributed by atoms with Crippen LogP contribution in [0.25, 0.3) is 5.65 Å². The highest BCUT2D eigenvalue weighted by Crippen LogP contribution is 2.28. The molecule has 1 atom stereocenters. The van der Waals surface area contributed by atoms with Crippen molar-refractivity contribution >= 4 is 17.0 Å². The van der Waals surface area contributed by atoms with Crippen LogP contribution in [0.2, 0.25) is 0 Å². The van der Waals surface area contributed by atoms with Crippen molar-refractivity contribution in [1.82, 2.24) is 19.5 Å². The Morgan fingerprint density at radius 1 is 1.35 bits per heavy atom. The van der Waals surface area contributed by atoms with Crippen LogP contribution < -0.4 is 0 Å². The molecule has 3 aromatic heterocycles. The fourth-order valence-electron chi connectivity index (χ4n) is 3.29. The maximum Gasteiger partial charge on any atom is 0.160 e. The summed E-state index contributed by atoms with van der Waals surface area (Å²) in [6, 6.07) is 10.2. The Bertz CT molecular complexity index is 859. The molecule has 0 N–H and O–H groups in total. The van der Waals surface area contributed by atoms with Gasteiger partial charge in [-0.3, -0.25) is 9.30 Å². The summed E-state index contributed by atoms with van der Waals surface area (Å²) in [6.07, 6.45) is 4.37. The smallest absolute Gasteiger partial charge is 0.160 e. The van der Waals surface area contributed by atoms with Crippen LogP contribution in [-0.4, -0.2) is 32.6 Å². The number of hydrogen-bond acceptors (Lipinski definition) is 5. The monoisotopic (exact) mass is 323 g/mol. The average Bonchev–Trinajstić information content (AvgIpc) is 3.21. The third-order valence-electron chi connectivity index (χ3n) is 4.37. The number of nitrogens with zero attached hydrogens (tertiary/aromatic N) is 5. The van der Waals surface area contributed by atoms with Crippen LogP contribution in [-0.2, 0) is 6.54 Å². The largest absolute Gasteiger partial charge is 0.298 e. The third kappa shape index (κ3) is 2.85. The topological polar surface area (TPSA) is 57.2 Å². The standard InChI is InChI=1S/C17H17N5S/c18-9-13-8-15(23-12-13)11-21-6-3-4-14(10-21)17-20-19-16-5-1-2-7-22(16)17/h1-2,5,7-8,12,14H,3-4,6,10-11H2. The van der Waals surface area contributed by atoms with Crippen LogP contribution in [0.4, 0.5) is 0 Å². The molecule has 0 aromatic carbocycles. The van der Waals surface area contributed by atoms with Gasteiger partial charge in [-0.25, -0.2) is 0 Å². The highest BCUT2D eigenvalue weighted by atomic mass is 32.1. The van der Waals surface area contributed by atoms with Gasteiger partial charge in [-0.15, -0.1) is 21.5 Å². The highest BCUT2D eigenvalue weighted by molar-refractivity contribution is 7.10. The summed E-state index contributed by atoms with van der Waals surface area (Å²) in [5.74, 6) is 1.48. The van der Waals surface area contributed by atoms with Crippen molar-refractivity contribution in [1.29, 1.82) is 5.26 Å². The SMILES string of the molecule is N#Cc1csc(CN2CCCC(c3nnc4ccccn34)C2)c1. The number of rotatable bonds is 3. The van der Waals surface area contributed by atoms with E-state index >= 15 is 0 Å². The van der Waals surface area contributed by atoms with E-state index in [0.717, 1.165) is 43.1 Å². The summed E-state index contributed by atoms with van der Waals surface area (Å²) in [5.41, 5.74) is 1.68. The van der Waals surface area contributed by atoms with E-state index in [1.54, 1.807) is 11.3 Å². The van der Waals surface area contributed by atoms with Gasteiger partial charge in [0.25, 0.3) is 0 Å². The van der Waals surface area contributed by atoms with Crippen molar-refractivity contribution in [2.75, 3.05) is 13.1 Å². The van der Waals surface area contributed by atoms with E-state index in [-0.39, 0.29) is 0 Å². The van der Waals surface area contributed by atoms with Gasteiger partial charge >= 0.3 is 0 Å². The van der Waals surface area contributed by atoms with Gasteiger partial charge in [0.05, 0.1) is 5.56 Å². The van der Waals surface area contributed by atoms with E-state index in [2.05, 4.69) is 25.6 Å². The Hall–Kier alpha value is -2.23. The lowest BCUT2D eigenvalue weighted by atomic mass is 9.97. The fraction of sp³-hybridized carbons (Fsp3) is 0.353. The predicted octanol–water partition coefficient (Wildman–Crippen LogP) is 3.04. The molecule has 5 nitrogen and oxygen atoms in total. The Morgan fingerprint density at radius 2 is 2.30 bits per heavy atom. The summed E-state index contributed by atoms with van der Waals surface area (Å²) in [6.45, 7) is 3.02. The first-order valence-electron chi connectivity index (χ1n) is 7.83. The zero-order valence-electron chi connectivity index (χ0n) is 12.7. The molecule has 116 valence electrons. The van der Waals surface area contributed by atoms with E-state index in [9.17, 15) is 0 Å². The normalized spacial score (nSPS) is 19.0. The molecule has 4 rings (SSSR count). The lowest BCUT2D eigenvalue weighted by Gasteiger charge is -2.31. The summed E-state index contributed by atoms with van der Waals surface area (Å²) < 4.78 is 2.10. The van der Waals surface area contributed by atoms with Crippen LogP contribution in [0.1, 0.15) is 35.0 Å². The van der Waals surface area contributed by atoms with Crippen molar-refractivity contribution < 1.29 is 0 Å². The Balaban J connectivity index is 1.51. The molecule has 4 heterocycles. The maximum absolute atomic E-state index is 8.95. The minimum atomic E-state index is 0.413. The second-order valence-corrected chi connectivity index (χ2v) is 6.97. The zero-order valence-corrected chi connectivity index (χ0v) is 13.5.